The Morgan fingerprint density at radius 3 is 2.93 bits per heavy atom. The highest BCUT2D eigenvalue weighted by atomic mass is 16.5. The molecular weight excluding hydrogens is 184 g/mol. The van der Waals surface area contributed by atoms with Crippen LogP contribution in [0.1, 0.15) is 20.3 Å². The van der Waals surface area contributed by atoms with Crippen molar-refractivity contribution >= 4 is 5.91 Å². The number of hydrogen-bond donors (Lipinski definition) is 3. The summed E-state index contributed by atoms with van der Waals surface area (Å²) in [5, 5.41) is 12.6. The molecule has 82 valence electrons. The zero-order valence-corrected chi connectivity index (χ0v) is 8.62. The molecule has 5 nitrogen and oxygen atoms in total. The molecule has 0 bridgehead atoms. The molecule has 0 spiro atoms. The summed E-state index contributed by atoms with van der Waals surface area (Å²) in [7, 11) is 0. The first-order valence-electron chi connectivity index (χ1n) is 4.83. The number of amides is 1. The van der Waals surface area contributed by atoms with Gasteiger partial charge in [-0.3, -0.25) is 4.79 Å². The number of aliphatic hydroxyl groups is 1. The van der Waals surface area contributed by atoms with E-state index in [1.807, 2.05) is 0 Å². The SMILES string of the molecule is CC(N)C(=O)NCC1(O)CCOC1C. The first kappa shape index (κ1) is 11.4. The Bertz CT molecular complexity index is 220. The minimum atomic E-state index is -0.940. The van der Waals surface area contributed by atoms with Crippen molar-refractivity contribution in [3.8, 4) is 0 Å². The Morgan fingerprint density at radius 1 is 1.86 bits per heavy atom. The van der Waals surface area contributed by atoms with Crippen LogP contribution in [0.15, 0.2) is 0 Å². The van der Waals surface area contributed by atoms with Gasteiger partial charge in [0, 0.05) is 19.6 Å². The third kappa shape index (κ3) is 2.43. The molecule has 14 heavy (non-hydrogen) atoms. The molecule has 0 aromatic carbocycles. The number of carbonyl (C=O) groups excluding carboxylic acids is 1. The van der Waals surface area contributed by atoms with Gasteiger partial charge in [-0.2, -0.15) is 0 Å². The molecule has 1 fully saturated rings. The number of nitrogens with one attached hydrogen (secondary N) is 1. The first-order valence-corrected chi connectivity index (χ1v) is 4.83. The third-order valence-electron chi connectivity index (χ3n) is 2.64. The van der Waals surface area contributed by atoms with Crippen molar-refractivity contribution in [2.24, 2.45) is 5.73 Å². The zero-order valence-electron chi connectivity index (χ0n) is 8.62. The highest BCUT2D eigenvalue weighted by molar-refractivity contribution is 5.81. The van der Waals surface area contributed by atoms with Crippen LogP contribution >= 0.6 is 0 Å². The van der Waals surface area contributed by atoms with E-state index in [-0.39, 0.29) is 18.6 Å². The molecule has 1 heterocycles. The fourth-order valence-corrected chi connectivity index (χ4v) is 1.40. The maximum absolute atomic E-state index is 11.2. The highest BCUT2D eigenvalue weighted by Gasteiger charge is 2.39. The topological polar surface area (TPSA) is 84.6 Å². The van der Waals surface area contributed by atoms with E-state index in [2.05, 4.69) is 5.32 Å². The fraction of sp³-hybridized carbons (Fsp3) is 0.889. The molecule has 0 aromatic rings. The second-order valence-corrected chi connectivity index (χ2v) is 3.87. The molecule has 1 saturated heterocycles. The summed E-state index contributed by atoms with van der Waals surface area (Å²) >= 11 is 0. The average Bonchev–Trinajstić information content (AvgIpc) is 2.44. The second-order valence-electron chi connectivity index (χ2n) is 3.87. The van der Waals surface area contributed by atoms with E-state index in [0.717, 1.165) is 0 Å². The number of hydrogen-bond acceptors (Lipinski definition) is 4. The van der Waals surface area contributed by atoms with Gasteiger partial charge in [0.15, 0.2) is 0 Å². The molecule has 0 aliphatic carbocycles. The van der Waals surface area contributed by atoms with Crippen LogP contribution in [0, 0.1) is 0 Å². The Balaban J connectivity index is 2.40. The minimum absolute atomic E-state index is 0.203. The number of carbonyl (C=O) groups is 1. The maximum Gasteiger partial charge on any atom is 0.236 e. The van der Waals surface area contributed by atoms with Gasteiger partial charge in [-0.1, -0.05) is 0 Å². The van der Waals surface area contributed by atoms with Crippen LogP contribution in [0.2, 0.25) is 0 Å². The zero-order chi connectivity index (χ0) is 10.8. The largest absolute Gasteiger partial charge is 0.385 e. The van der Waals surface area contributed by atoms with Crippen molar-refractivity contribution in [1.29, 1.82) is 0 Å². The van der Waals surface area contributed by atoms with Crippen molar-refractivity contribution in [1.82, 2.24) is 5.32 Å². The monoisotopic (exact) mass is 202 g/mol. The summed E-state index contributed by atoms with van der Waals surface area (Å²) in [4.78, 5) is 11.2. The Kier molecular flexibility index (Phi) is 3.47. The van der Waals surface area contributed by atoms with E-state index in [1.54, 1.807) is 13.8 Å². The smallest absolute Gasteiger partial charge is 0.236 e. The van der Waals surface area contributed by atoms with E-state index in [1.165, 1.54) is 0 Å². The number of nitrogens with two attached hydrogens (primary N) is 1. The molecule has 4 N–H and O–H groups in total. The van der Waals surface area contributed by atoms with Gasteiger partial charge in [0.1, 0.15) is 5.60 Å². The van der Waals surface area contributed by atoms with Gasteiger partial charge in [-0.05, 0) is 13.8 Å². The standard InChI is InChI=1S/C9H18N2O3/c1-6(10)8(12)11-5-9(13)3-4-14-7(9)2/h6-7,13H,3-5,10H2,1-2H3,(H,11,12). The van der Waals surface area contributed by atoms with Crippen LogP contribution in [0.5, 0.6) is 0 Å². The summed E-state index contributed by atoms with van der Waals surface area (Å²) in [6.07, 6.45) is 0.309. The van der Waals surface area contributed by atoms with Crippen molar-refractivity contribution in [2.75, 3.05) is 13.2 Å². The lowest BCUT2D eigenvalue weighted by Crippen LogP contribution is -2.50. The third-order valence-corrected chi connectivity index (χ3v) is 2.64. The van der Waals surface area contributed by atoms with Gasteiger partial charge in [0.05, 0.1) is 12.1 Å². The summed E-state index contributed by atoms with van der Waals surface area (Å²) in [5.41, 5.74) is 4.43. The van der Waals surface area contributed by atoms with Crippen molar-refractivity contribution in [2.45, 2.75) is 38.0 Å². The van der Waals surface area contributed by atoms with E-state index < -0.39 is 11.6 Å². The molecule has 0 aromatic heterocycles. The molecule has 5 heteroatoms. The van der Waals surface area contributed by atoms with E-state index in [4.69, 9.17) is 10.5 Å². The van der Waals surface area contributed by atoms with Gasteiger partial charge >= 0.3 is 0 Å². The molecule has 0 radical (unpaired) electrons. The van der Waals surface area contributed by atoms with Gasteiger partial charge in [0.2, 0.25) is 5.91 Å². The first-order chi connectivity index (χ1) is 6.46. The summed E-state index contributed by atoms with van der Waals surface area (Å²) < 4.78 is 5.23. The van der Waals surface area contributed by atoms with Crippen LogP contribution in [-0.4, -0.2) is 41.9 Å². The second kappa shape index (κ2) is 4.25. The molecule has 0 saturated carbocycles. The minimum Gasteiger partial charge on any atom is -0.385 e. The van der Waals surface area contributed by atoms with Crippen LogP contribution in [0.4, 0.5) is 0 Å². The molecule has 1 aliphatic heterocycles. The Morgan fingerprint density at radius 2 is 2.50 bits per heavy atom. The lowest BCUT2D eigenvalue weighted by molar-refractivity contribution is -0.123. The van der Waals surface area contributed by atoms with Crippen LogP contribution in [0.3, 0.4) is 0 Å². The molecule has 1 aliphatic rings. The molecular formula is C9H18N2O3. The highest BCUT2D eigenvalue weighted by Crippen LogP contribution is 2.24. The van der Waals surface area contributed by atoms with Gasteiger partial charge in [-0.25, -0.2) is 0 Å². The van der Waals surface area contributed by atoms with Crippen molar-refractivity contribution < 1.29 is 14.6 Å². The summed E-state index contributed by atoms with van der Waals surface area (Å²) in [5.74, 6) is -0.252. The lowest BCUT2D eigenvalue weighted by Gasteiger charge is -2.26. The number of rotatable bonds is 3. The quantitative estimate of drug-likeness (QED) is 0.547. The van der Waals surface area contributed by atoms with E-state index >= 15 is 0 Å². The molecule has 1 rings (SSSR count). The fourth-order valence-electron chi connectivity index (χ4n) is 1.40. The molecule has 3 atom stereocenters. The van der Waals surface area contributed by atoms with Crippen molar-refractivity contribution in [3.63, 3.8) is 0 Å². The van der Waals surface area contributed by atoms with Gasteiger partial charge in [0.25, 0.3) is 0 Å². The van der Waals surface area contributed by atoms with Crippen LogP contribution < -0.4 is 11.1 Å². The average molecular weight is 202 g/mol. The van der Waals surface area contributed by atoms with Crippen LogP contribution in [-0.2, 0) is 9.53 Å². The molecule has 3 unspecified atom stereocenters. The predicted molar refractivity (Wildman–Crippen MR) is 51.6 cm³/mol. The van der Waals surface area contributed by atoms with E-state index in [9.17, 15) is 9.90 Å². The maximum atomic E-state index is 11.2. The Labute approximate surface area is 83.6 Å². The lowest BCUT2D eigenvalue weighted by atomic mass is 9.96. The van der Waals surface area contributed by atoms with Crippen molar-refractivity contribution in [3.05, 3.63) is 0 Å². The van der Waals surface area contributed by atoms with Gasteiger partial charge in [-0.15, -0.1) is 0 Å². The molecule has 1 amide bonds. The normalized spacial score (nSPS) is 34.1. The van der Waals surface area contributed by atoms with E-state index in [0.29, 0.717) is 13.0 Å². The number of ether oxygens (including phenoxy) is 1. The summed E-state index contributed by atoms with van der Waals surface area (Å²) in [6.45, 7) is 4.14. The van der Waals surface area contributed by atoms with Crippen LogP contribution in [0.25, 0.3) is 0 Å². The predicted octanol–water partition coefficient (Wildman–Crippen LogP) is -1.01. The van der Waals surface area contributed by atoms with Gasteiger partial charge < -0.3 is 20.9 Å². The summed E-state index contributed by atoms with van der Waals surface area (Å²) in [6, 6.07) is -0.545. The Hall–Kier alpha value is -0.650.